The number of likely N-dealkylation sites (tertiary alicyclic amines) is 1. The Bertz CT molecular complexity index is 807. The second-order valence-corrected chi connectivity index (χ2v) is 7.12. The van der Waals surface area contributed by atoms with Crippen molar-refractivity contribution in [2.24, 2.45) is 0 Å². The molecular formula is C21H25ClFNO4. The molecule has 2 aliphatic heterocycles. The second-order valence-electron chi connectivity index (χ2n) is 7.12. The predicted octanol–water partition coefficient (Wildman–Crippen LogP) is 3.51. The molecule has 0 radical (unpaired) electrons. The molecule has 1 fully saturated rings. The minimum atomic E-state index is -0.902. The third-order valence-electron chi connectivity index (χ3n) is 5.40. The van der Waals surface area contributed by atoms with Crippen molar-refractivity contribution < 1.29 is 23.7 Å². The van der Waals surface area contributed by atoms with E-state index in [0.717, 1.165) is 35.7 Å². The lowest BCUT2D eigenvalue weighted by molar-refractivity contribution is -0.0279. The van der Waals surface area contributed by atoms with Gasteiger partial charge in [0.15, 0.2) is 11.5 Å². The van der Waals surface area contributed by atoms with Gasteiger partial charge in [0, 0.05) is 31.3 Å². The third kappa shape index (κ3) is 4.19. The number of methoxy groups -OCH3 is 1. The Balaban J connectivity index is 0.00000225. The number of fused-ring (bicyclic) bond motifs is 1. The maximum atomic E-state index is 13.2. The molecule has 0 aromatic heterocycles. The summed E-state index contributed by atoms with van der Waals surface area (Å²) in [6.45, 7) is 3.28. The van der Waals surface area contributed by atoms with E-state index >= 15 is 0 Å². The van der Waals surface area contributed by atoms with Crippen LogP contribution in [0.15, 0.2) is 36.4 Å². The van der Waals surface area contributed by atoms with E-state index in [0.29, 0.717) is 38.3 Å². The van der Waals surface area contributed by atoms with Crippen LogP contribution in [0, 0.1) is 5.82 Å². The number of aliphatic hydroxyl groups is 1. The summed E-state index contributed by atoms with van der Waals surface area (Å²) >= 11 is 0. The lowest BCUT2D eigenvalue weighted by atomic mass is 9.84. The zero-order valence-corrected chi connectivity index (χ0v) is 16.6. The van der Waals surface area contributed by atoms with E-state index in [1.807, 2.05) is 12.1 Å². The summed E-state index contributed by atoms with van der Waals surface area (Å²) in [4.78, 5) is 2.28. The summed E-state index contributed by atoms with van der Waals surface area (Å²) < 4.78 is 30.0. The lowest BCUT2D eigenvalue weighted by Gasteiger charge is -2.38. The number of benzene rings is 2. The molecule has 28 heavy (non-hydrogen) atoms. The third-order valence-corrected chi connectivity index (χ3v) is 5.40. The van der Waals surface area contributed by atoms with Crippen molar-refractivity contribution in [2.75, 3.05) is 33.4 Å². The number of halogens is 2. The van der Waals surface area contributed by atoms with E-state index in [9.17, 15) is 9.50 Å². The van der Waals surface area contributed by atoms with Crippen molar-refractivity contribution in [1.29, 1.82) is 0 Å². The fourth-order valence-corrected chi connectivity index (χ4v) is 3.80. The van der Waals surface area contributed by atoms with Crippen LogP contribution in [-0.4, -0.2) is 43.4 Å². The first-order chi connectivity index (χ1) is 13.1. The average molecular weight is 410 g/mol. The number of rotatable bonds is 4. The smallest absolute Gasteiger partial charge is 0.165 e. The first-order valence-electron chi connectivity index (χ1n) is 9.25. The van der Waals surface area contributed by atoms with Crippen LogP contribution >= 0.6 is 12.4 Å². The highest BCUT2D eigenvalue weighted by Crippen LogP contribution is 2.38. The molecule has 7 heteroatoms. The molecule has 0 amide bonds. The Morgan fingerprint density at radius 1 is 1.07 bits per heavy atom. The van der Waals surface area contributed by atoms with Crippen LogP contribution in [0.25, 0.3) is 0 Å². The van der Waals surface area contributed by atoms with Crippen molar-refractivity contribution >= 4 is 12.4 Å². The van der Waals surface area contributed by atoms with E-state index in [1.54, 1.807) is 19.2 Å². The summed E-state index contributed by atoms with van der Waals surface area (Å²) in [5.74, 6) is 1.95. The standard InChI is InChI=1S/C21H24FNO4.ClH/c1-25-18-13-20-19(26-10-11-27-20)12-15(18)14-23-8-6-21(24,7-9-23)16-2-4-17(22)5-3-16;/h2-5,12-13,24H,6-11,14H2,1H3;1H. The molecule has 2 aromatic carbocycles. The molecule has 2 aromatic rings. The van der Waals surface area contributed by atoms with Gasteiger partial charge in [0.2, 0.25) is 0 Å². The molecule has 5 nitrogen and oxygen atoms in total. The summed E-state index contributed by atoms with van der Waals surface area (Å²) in [6.07, 6.45) is 1.21. The largest absolute Gasteiger partial charge is 0.496 e. The topological polar surface area (TPSA) is 51.2 Å². The number of hydrogen-bond donors (Lipinski definition) is 1. The van der Waals surface area contributed by atoms with Crippen molar-refractivity contribution in [3.63, 3.8) is 0 Å². The van der Waals surface area contributed by atoms with Gasteiger partial charge in [-0.15, -0.1) is 12.4 Å². The van der Waals surface area contributed by atoms with Crippen LogP contribution in [0.2, 0.25) is 0 Å². The van der Waals surface area contributed by atoms with Gasteiger partial charge in [-0.25, -0.2) is 4.39 Å². The number of piperidine rings is 1. The Morgan fingerprint density at radius 2 is 1.68 bits per heavy atom. The molecule has 0 unspecified atom stereocenters. The van der Waals surface area contributed by atoms with Gasteiger partial charge in [0.05, 0.1) is 12.7 Å². The van der Waals surface area contributed by atoms with Gasteiger partial charge >= 0.3 is 0 Å². The van der Waals surface area contributed by atoms with Crippen LogP contribution in [0.4, 0.5) is 4.39 Å². The maximum Gasteiger partial charge on any atom is 0.165 e. The molecule has 0 spiro atoms. The molecule has 0 atom stereocenters. The van der Waals surface area contributed by atoms with Crippen LogP contribution in [0.5, 0.6) is 17.2 Å². The quantitative estimate of drug-likeness (QED) is 0.837. The number of ether oxygens (including phenoxy) is 3. The number of nitrogens with zero attached hydrogens (tertiary/aromatic N) is 1. The van der Waals surface area contributed by atoms with Gasteiger partial charge in [-0.2, -0.15) is 0 Å². The Kier molecular flexibility index (Phi) is 6.33. The summed E-state index contributed by atoms with van der Waals surface area (Å²) in [5.41, 5.74) is 0.913. The second kappa shape index (κ2) is 8.55. The Morgan fingerprint density at radius 3 is 2.29 bits per heavy atom. The molecule has 152 valence electrons. The minimum Gasteiger partial charge on any atom is -0.496 e. The summed E-state index contributed by atoms with van der Waals surface area (Å²) in [5, 5.41) is 11.0. The van der Waals surface area contributed by atoms with Crippen LogP contribution < -0.4 is 14.2 Å². The first-order valence-corrected chi connectivity index (χ1v) is 9.25. The molecule has 2 heterocycles. The Hall–Kier alpha value is -2.02. The normalized spacial score (nSPS) is 18.2. The van der Waals surface area contributed by atoms with E-state index < -0.39 is 5.60 Å². The fraction of sp³-hybridized carbons (Fsp3) is 0.429. The summed E-state index contributed by atoms with van der Waals surface area (Å²) in [6, 6.07) is 10.0. The van der Waals surface area contributed by atoms with Gasteiger partial charge in [0.25, 0.3) is 0 Å². The van der Waals surface area contributed by atoms with E-state index in [4.69, 9.17) is 14.2 Å². The monoisotopic (exact) mass is 409 g/mol. The molecule has 1 N–H and O–H groups in total. The van der Waals surface area contributed by atoms with Crippen molar-refractivity contribution in [1.82, 2.24) is 4.90 Å². The zero-order valence-electron chi connectivity index (χ0n) is 15.8. The van der Waals surface area contributed by atoms with Crippen LogP contribution in [0.1, 0.15) is 24.0 Å². The molecule has 2 aliphatic rings. The highest BCUT2D eigenvalue weighted by Gasteiger charge is 2.34. The van der Waals surface area contributed by atoms with E-state index in [-0.39, 0.29) is 18.2 Å². The van der Waals surface area contributed by atoms with Crippen molar-refractivity contribution in [3.05, 3.63) is 53.3 Å². The molecule has 0 saturated carbocycles. The SMILES string of the molecule is COc1cc2c(cc1CN1CCC(O)(c3ccc(F)cc3)CC1)OCCO2.Cl. The maximum absolute atomic E-state index is 13.2. The molecule has 0 bridgehead atoms. The van der Waals surface area contributed by atoms with Gasteiger partial charge in [-0.3, -0.25) is 4.90 Å². The minimum absolute atomic E-state index is 0. The van der Waals surface area contributed by atoms with Gasteiger partial charge in [0.1, 0.15) is 24.8 Å². The van der Waals surface area contributed by atoms with Crippen LogP contribution in [-0.2, 0) is 12.1 Å². The lowest BCUT2D eigenvalue weighted by Crippen LogP contribution is -2.42. The van der Waals surface area contributed by atoms with Gasteiger partial charge in [-0.1, -0.05) is 12.1 Å². The highest BCUT2D eigenvalue weighted by atomic mass is 35.5. The van der Waals surface area contributed by atoms with Gasteiger partial charge < -0.3 is 19.3 Å². The Labute approximate surface area is 170 Å². The van der Waals surface area contributed by atoms with Gasteiger partial charge in [-0.05, 0) is 36.6 Å². The highest BCUT2D eigenvalue weighted by molar-refractivity contribution is 5.85. The average Bonchev–Trinajstić information content (AvgIpc) is 2.69. The predicted molar refractivity (Wildman–Crippen MR) is 106 cm³/mol. The zero-order chi connectivity index (χ0) is 18.9. The fourth-order valence-electron chi connectivity index (χ4n) is 3.80. The molecular weight excluding hydrogens is 385 g/mol. The molecule has 0 aliphatic carbocycles. The van der Waals surface area contributed by atoms with Crippen molar-refractivity contribution in [3.8, 4) is 17.2 Å². The molecule has 1 saturated heterocycles. The summed E-state index contributed by atoms with van der Waals surface area (Å²) in [7, 11) is 1.65. The van der Waals surface area contributed by atoms with Crippen molar-refractivity contribution in [2.45, 2.75) is 25.0 Å². The van der Waals surface area contributed by atoms with Crippen LogP contribution in [0.3, 0.4) is 0 Å². The first kappa shape index (κ1) is 20.7. The van der Waals surface area contributed by atoms with E-state index in [2.05, 4.69) is 4.90 Å². The van der Waals surface area contributed by atoms with E-state index in [1.165, 1.54) is 12.1 Å². The number of hydrogen-bond acceptors (Lipinski definition) is 5. The molecule has 4 rings (SSSR count).